The fourth-order valence-corrected chi connectivity index (χ4v) is 2.56. The Hall–Kier alpha value is -2.79. The van der Waals surface area contributed by atoms with Crippen LogP contribution in [0.3, 0.4) is 0 Å². The number of benzene rings is 2. The summed E-state index contributed by atoms with van der Waals surface area (Å²) in [6.45, 7) is 0.403. The topological polar surface area (TPSA) is 54.9 Å². The SMILES string of the molecule is O=C(NCCc1cnc(-c2ccccc2)nc1)c1ccc(F)cc1Cl. The predicted octanol–water partition coefficient (Wildman–Crippen LogP) is 3.91. The minimum absolute atomic E-state index is 0.0908. The number of amides is 1. The van der Waals surface area contributed by atoms with Crippen LogP contribution in [0.5, 0.6) is 0 Å². The Labute approximate surface area is 149 Å². The van der Waals surface area contributed by atoms with Crippen LogP contribution < -0.4 is 5.32 Å². The number of hydrogen-bond acceptors (Lipinski definition) is 3. The highest BCUT2D eigenvalue weighted by molar-refractivity contribution is 6.33. The summed E-state index contributed by atoms with van der Waals surface area (Å²) in [6, 6.07) is 13.4. The molecule has 0 fully saturated rings. The van der Waals surface area contributed by atoms with Gasteiger partial charge in [0.2, 0.25) is 0 Å². The van der Waals surface area contributed by atoms with Crippen LogP contribution in [0.2, 0.25) is 5.02 Å². The second-order valence-electron chi connectivity index (χ2n) is 5.41. The maximum Gasteiger partial charge on any atom is 0.252 e. The van der Waals surface area contributed by atoms with Gasteiger partial charge in [0.1, 0.15) is 5.82 Å². The number of nitrogens with zero attached hydrogens (tertiary/aromatic N) is 2. The van der Waals surface area contributed by atoms with E-state index < -0.39 is 5.82 Å². The van der Waals surface area contributed by atoms with Crippen molar-refractivity contribution >= 4 is 17.5 Å². The molecule has 1 N–H and O–H groups in total. The number of hydrogen-bond donors (Lipinski definition) is 1. The molecule has 0 radical (unpaired) electrons. The first kappa shape index (κ1) is 17.0. The maximum atomic E-state index is 13.0. The molecule has 2 aromatic carbocycles. The Morgan fingerprint density at radius 2 is 1.80 bits per heavy atom. The highest BCUT2D eigenvalue weighted by Gasteiger charge is 2.10. The van der Waals surface area contributed by atoms with Gasteiger partial charge in [-0.05, 0) is 30.2 Å². The monoisotopic (exact) mass is 355 g/mol. The van der Waals surface area contributed by atoms with E-state index in [1.165, 1.54) is 12.1 Å². The van der Waals surface area contributed by atoms with E-state index in [4.69, 9.17) is 11.6 Å². The summed E-state index contributed by atoms with van der Waals surface area (Å²) in [5, 5.41) is 2.84. The molecule has 0 aliphatic rings. The lowest BCUT2D eigenvalue weighted by Crippen LogP contribution is -2.26. The molecule has 0 bridgehead atoms. The van der Waals surface area contributed by atoms with Crippen molar-refractivity contribution < 1.29 is 9.18 Å². The first-order chi connectivity index (χ1) is 12.1. The first-order valence-corrected chi connectivity index (χ1v) is 8.11. The second-order valence-corrected chi connectivity index (χ2v) is 5.82. The van der Waals surface area contributed by atoms with Crippen LogP contribution in [0.1, 0.15) is 15.9 Å². The third-order valence-electron chi connectivity index (χ3n) is 3.61. The number of carbonyl (C=O) groups excluding carboxylic acids is 1. The van der Waals surface area contributed by atoms with Gasteiger partial charge in [-0.3, -0.25) is 4.79 Å². The predicted molar refractivity (Wildman–Crippen MR) is 94.9 cm³/mol. The highest BCUT2D eigenvalue weighted by atomic mass is 35.5. The van der Waals surface area contributed by atoms with Crippen LogP contribution in [0.15, 0.2) is 60.9 Å². The fourth-order valence-electron chi connectivity index (χ4n) is 2.31. The van der Waals surface area contributed by atoms with Gasteiger partial charge < -0.3 is 5.32 Å². The lowest BCUT2D eigenvalue weighted by atomic mass is 10.2. The van der Waals surface area contributed by atoms with E-state index in [1.807, 2.05) is 30.3 Å². The lowest BCUT2D eigenvalue weighted by Gasteiger charge is -2.07. The number of rotatable bonds is 5. The molecule has 25 heavy (non-hydrogen) atoms. The van der Waals surface area contributed by atoms with Gasteiger partial charge in [-0.1, -0.05) is 41.9 Å². The van der Waals surface area contributed by atoms with E-state index in [2.05, 4.69) is 15.3 Å². The number of carbonyl (C=O) groups is 1. The van der Waals surface area contributed by atoms with Crippen LogP contribution >= 0.6 is 11.6 Å². The molecular weight excluding hydrogens is 341 g/mol. The van der Waals surface area contributed by atoms with Crippen LogP contribution in [0.4, 0.5) is 4.39 Å². The molecule has 126 valence electrons. The summed E-state index contributed by atoms with van der Waals surface area (Å²) >= 11 is 5.88. The van der Waals surface area contributed by atoms with Crippen LogP contribution in [0, 0.1) is 5.82 Å². The van der Waals surface area contributed by atoms with Crippen molar-refractivity contribution in [2.24, 2.45) is 0 Å². The minimum atomic E-state index is -0.475. The Balaban J connectivity index is 1.56. The molecule has 0 saturated carbocycles. The first-order valence-electron chi connectivity index (χ1n) is 7.73. The zero-order valence-corrected chi connectivity index (χ0v) is 14.0. The van der Waals surface area contributed by atoms with Gasteiger partial charge in [-0.2, -0.15) is 0 Å². The van der Waals surface area contributed by atoms with Crippen LogP contribution in [0.25, 0.3) is 11.4 Å². The van der Waals surface area contributed by atoms with Gasteiger partial charge in [0.05, 0.1) is 10.6 Å². The van der Waals surface area contributed by atoms with Gasteiger partial charge in [-0.15, -0.1) is 0 Å². The maximum absolute atomic E-state index is 13.0. The van der Waals surface area contributed by atoms with Crippen molar-refractivity contribution in [2.45, 2.75) is 6.42 Å². The molecule has 3 rings (SSSR count). The molecule has 0 saturated heterocycles. The van der Waals surface area contributed by atoms with Crippen molar-refractivity contribution in [3.63, 3.8) is 0 Å². The Morgan fingerprint density at radius 1 is 1.08 bits per heavy atom. The number of nitrogens with one attached hydrogen (secondary N) is 1. The minimum Gasteiger partial charge on any atom is -0.352 e. The van der Waals surface area contributed by atoms with Crippen molar-refractivity contribution in [2.75, 3.05) is 6.54 Å². The molecule has 0 spiro atoms. The molecule has 3 aromatic rings. The van der Waals surface area contributed by atoms with E-state index in [1.54, 1.807) is 12.4 Å². The molecule has 0 aliphatic heterocycles. The second kappa shape index (κ2) is 7.85. The van der Waals surface area contributed by atoms with Gasteiger partial charge >= 0.3 is 0 Å². The van der Waals surface area contributed by atoms with Crippen molar-refractivity contribution in [1.82, 2.24) is 15.3 Å². The van der Waals surface area contributed by atoms with E-state index in [9.17, 15) is 9.18 Å². The van der Waals surface area contributed by atoms with Crippen LogP contribution in [-0.4, -0.2) is 22.4 Å². The largest absolute Gasteiger partial charge is 0.352 e. The van der Waals surface area contributed by atoms with E-state index in [0.717, 1.165) is 17.2 Å². The summed E-state index contributed by atoms with van der Waals surface area (Å²) in [7, 11) is 0. The molecule has 0 aliphatic carbocycles. The van der Waals surface area contributed by atoms with Crippen molar-refractivity contribution in [1.29, 1.82) is 0 Å². The molecule has 6 heteroatoms. The molecule has 1 aromatic heterocycles. The fraction of sp³-hybridized carbons (Fsp3) is 0.105. The van der Waals surface area contributed by atoms with Gasteiger partial charge in [0.25, 0.3) is 5.91 Å². The van der Waals surface area contributed by atoms with Gasteiger partial charge in [0, 0.05) is 24.5 Å². The molecule has 0 unspecified atom stereocenters. The third-order valence-corrected chi connectivity index (χ3v) is 3.93. The normalized spacial score (nSPS) is 10.5. The molecule has 0 atom stereocenters. The third kappa shape index (κ3) is 4.39. The molecule has 4 nitrogen and oxygen atoms in total. The lowest BCUT2D eigenvalue weighted by molar-refractivity contribution is 0.0954. The van der Waals surface area contributed by atoms with E-state index in [-0.39, 0.29) is 16.5 Å². The zero-order valence-electron chi connectivity index (χ0n) is 13.2. The smallest absolute Gasteiger partial charge is 0.252 e. The Bertz CT molecular complexity index is 870. The highest BCUT2D eigenvalue weighted by Crippen LogP contribution is 2.17. The standard InChI is InChI=1S/C19H15ClFN3O/c20-17-10-15(21)6-7-16(17)19(25)22-9-8-13-11-23-18(24-12-13)14-4-2-1-3-5-14/h1-7,10-12H,8-9H2,(H,22,25). The summed E-state index contributed by atoms with van der Waals surface area (Å²) in [4.78, 5) is 20.7. The summed E-state index contributed by atoms with van der Waals surface area (Å²) in [5.74, 6) is -0.157. The average molecular weight is 356 g/mol. The summed E-state index contributed by atoms with van der Waals surface area (Å²) < 4.78 is 13.0. The van der Waals surface area contributed by atoms with Gasteiger partial charge in [0.15, 0.2) is 5.82 Å². The van der Waals surface area contributed by atoms with Gasteiger partial charge in [-0.25, -0.2) is 14.4 Å². The van der Waals surface area contributed by atoms with Crippen molar-refractivity contribution in [3.05, 3.63) is 82.9 Å². The van der Waals surface area contributed by atoms with Crippen molar-refractivity contribution in [3.8, 4) is 11.4 Å². The Morgan fingerprint density at radius 3 is 2.48 bits per heavy atom. The average Bonchev–Trinajstić information content (AvgIpc) is 2.63. The quantitative estimate of drug-likeness (QED) is 0.755. The summed E-state index contributed by atoms with van der Waals surface area (Å²) in [6.07, 6.45) is 4.07. The summed E-state index contributed by atoms with van der Waals surface area (Å²) in [5.41, 5.74) is 2.11. The molecule has 1 amide bonds. The number of aromatic nitrogens is 2. The van der Waals surface area contributed by atoms with E-state index >= 15 is 0 Å². The molecule has 1 heterocycles. The Kier molecular flexibility index (Phi) is 5.36. The zero-order chi connectivity index (χ0) is 17.6. The number of halogens is 2. The van der Waals surface area contributed by atoms with E-state index in [0.29, 0.717) is 18.8 Å². The van der Waals surface area contributed by atoms with Crippen LogP contribution in [-0.2, 0) is 6.42 Å². The molecular formula is C19H15ClFN3O.